The Morgan fingerprint density at radius 2 is 1.89 bits per heavy atom. The maximum absolute atomic E-state index is 9.89. The smallest absolute Gasteiger partial charge is 1.00 e. The summed E-state index contributed by atoms with van der Waals surface area (Å²) in [5, 5.41) is 16.7. The van der Waals surface area contributed by atoms with Gasteiger partial charge in [0.15, 0.2) is 6.10 Å². The summed E-state index contributed by atoms with van der Waals surface area (Å²) in [4.78, 5) is 9.89. The monoisotopic (exact) mass is 144 g/mol. The predicted molar refractivity (Wildman–Crippen MR) is 36.5 cm³/mol. The van der Waals surface area contributed by atoms with E-state index in [2.05, 4.69) is 0 Å². The van der Waals surface area contributed by atoms with Gasteiger partial charge >= 0.3 is 29.0 Å². The molecule has 0 spiro atoms. The topological polar surface area (TPSA) is 57.5 Å². The van der Waals surface area contributed by atoms with Crippen LogP contribution in [0.15, 0.2) is 0 Å². The molecule has 0 rings (SSSR count). The first-order chi connectivity index (χ1) is 3.55. The van der Waals surface area contributed by atoms with Gasteiger partial charge in [0.2, 0.25) is 0 Å². The van der Waals surface area contributed by atoms with E-state index in [-0.39, 0.29) is 31.8 Å². The Morgan fingerprint density at radius 3 is 1.89 bits per heavy atom. The van der Waals surface area contributed by atoms with Crippen LogP contribution in [-0.2, 0) is 4.79 Å². The second kappa shape index (κ2) is 5.02. The number of rotatable bonds is 2. The first-order valence-corrected chi connectivity index (χ1v) is 2.46. The van der Waals surface area contributed by atoms with Gasteiger partial charge in [0.1, 0.15) is 0 Å². The van der Waals surface area contributed by atoms with Crippen molar-refractivity contribution >= 4 is 29.0 Å². The van der Waals surface area contributed by atoms with E-state index in [9.17, 15) is 4.79 Å². The number of carbonyl (C=O) groups is 1. The Labute approximate surface area is 73.2 Å². The zero-order valence-corrected chi connectivity index (χ0v) is 7.08. The van der Waals surface area contributed by atoms with Gasteiger partial charge in [-0.25, -0.2) is 4.79 Å². The number of aliphatic carboxylic acids is 1. The first-order valence-electron chi connectivity index (χ1n) is 2.46. The van der Waals surface area contributed by atoms with Crippen molar-refractivity contribution in [1.82, 2.24) is 0 Å². The third kappa shape index (κ3) is 4.68. The van der Waals surface area contributed by atoms with Crippen molar-refractivity contribution in [2.45, 2.75) is 20.0 Å². The molecule has 0 aromatic rings. The summed E-state index contributed by atoms with van der Waals surface area (Å²) < 4.78 is 0. The summed E-state index contributed by atoms with van der Waals surface area (Å²) in [5.41, 5.74) is 0. The van der Waals surface area contributed by atoms with Gasteiger partial charge in [0.05, 0.1) is 0 Å². The van der Waals surface area contributed by atoms with Crippen LogP contribution >= 0.6 is 0 Å². The van der Waals surface area contributed by atoms with E-state index in [1.807, 2.05) is 0 Å². The molecule has 0 aromatic carbocycles. The number of hydrogen-bond donors (Lipinski definition) is 2. The van der Waals surface area contributed by atoms with Crippen LogP contribution in [0.1, 0.15) is 16.7 Å². The van der Waals surface area contributed by atoms with Crippen molar-refractivity contribution < 1.29 is 17.9 Å². The van der Waals surface area contributed by atoms with Crippen LogP contribution in [0.5, 0.6) is 0 Å². The molecule has 0 aliphatic rings. The molecular formula is C5H12MgO3. The fourth-order valence-corrected chi connectivity index (χ4v) is 0.285. The Kier molecular flexibility index (Phi) is 6.65. The molecule has 0 radical (unpaired) electrons. The molecule has 0 saturated heterocycles. The molecule has 0 aliphatic carbocycles. The number of carboxylic acid groups (broad SMARTS) is 1. The van der Waals surface area contributed by atoms with E-state index >= 15 is 0 Å². The maximum atomic E-state index is 9.89. The second-order valence-corrected chi connectivity index (χ2v) is 2.03. The van der Waals surface area contributed by atoms with Crippen LogP contribution in [-0.4, -0.2) is 45.3 Å². The van der Waals surface area contributed by atoms with Gasteiger partial charge < -0.3 is 13.1 Å². The molecule has 0 fully saturated rings. The standard InChI is InChI=1S/C5H10O3.Mg.2H/c1-3(2)4(6)5(7)8;;;/h3-4,6H,1-2H3,(H,7,8);;;/q;+2;2*-1. The van der Waals surface area contributed by atoms with Crippen molar-refractivity contribution in [2.24, 2.45) is 5.92 Å². The molecule has 0 bridgehead atoms. The zero-order chi connectivity index (χ0) is 6.73. The second-order valence-electron chi connectivity index (χ2n) is 2.03. The summed E-state index contributed by atoms with van der Waals surface area (Å²) in [7, 11) is 0. The normalized spacial score (nSPS) is 12.4. The minimum absolute atomic E-state index is 0. The molecule has 0 heterocycles. The van der Waals surface area contributed by atoms with Crippen LogP contribution < -0.4 is 0 Å². The summed E-state index contributed by atoms with van der Waals surface area (Å²) in [6.07, 6.45) is -1.21. The molecule has 9 heavy (non-hydrogen) atoms. The zero-order valence-electron chi connectivity index (χ0n) is 7.66. The Hall–Kier alpha value is 0.196. The molecule has 0 saturated carbocycles. The van der Waals surface area contributed by atoms with Crippen molar-refractivity contribution in [1.29, 1.82) is 0 Å². The van der Waals surface area contributed by atoms with Crippen LogP contribution in [0.4, 0.5) is 0 Å². The third-order valence-electron chi connectivity index (χ3n) is 0.884. The molecule has 4 heteroatoms. The van der Waals surface area contributed by atoms with E-state index in [0.29, 0.717) is 0 Å². The van der Waals surface area contributed by atoms with Crippen molar-refractivity contribution in [3.63, 3.8) is 0 Å². The van der Waals surface area contributed by atoms with E-state index < -0.39 is 12.1 Å². The van der Waals surface area contributed by atoms with E-state index in [0.717, 1.165) is 0 Å². The summed E-state index contributed by atoms with van der Waals surface area (Å²) in [5.74, 6) is -1.35. The number of carboxylic acids is 1. The largest absolute Gasteiger partial charge is 2.00 e. The third-order valence-corrected chi connectivity index (χ3v) is 0.884. The Bertz CT molecular complexity index is 99.7. The van der Waals surface area contributed by atoms with Gasteiger partial charge in [0.25, 0.3) is 0 Å². The number of aliphatic hydroxyl groups excluding tert-OH is 1. The molecule has 0 aliphatic heterocycles. The minimum atomic E-state index is -1.21. The number of aliphatic hydroxyl groups is 1. The predicted octanol–water partition coefficient (Wildman–Crippen LogP) is -0.0679. The Morgan fingerprint density at radius 1 is 1.56 bits per heavy atom. The first kappa shape index (κ1) is 11.9. The van der Waals surface area contributed by atoms with Gasteiger partial charge in [-0.05, 0) is 5.92 Å². The molecular weight excluding hydrogens is 132 g/mol. The van der Waals surface area contributed by atoms with Crippen LogP contribution in [0, 0.1) is 5.92 Å². The summed E-state index contributed by atoms with van der Waals surface area (Å²) in [6, 6.07) is 0. The molecule has 1 atom stereocenters. The fraction of sp³-hybridized carbons (Fsp3) is 0.800. The average molecular weight is 144 g/mol. The van der Waals surface area contributed by atoms with Gasteiger partial charge in [-0.1, -0.05) is 13.8 Å². The van der Waals surface area contributed by atoms with Crippen LogP contribution in [0.3, 0.4) is 0 Å². The average Bonchev–Trinajstić information content (AvgIpc) is 1.64. The van der Waals surface area contributed by atoms with E-state index in [1.54, 1.807) is 13.8 Å². The van der Waals surface area contributed by atoms with Crippen molar-refractivity contribution in [3.05, 3.63) is 0 Å². The van der Waals surface area contributed by atoms with Gasteiger partial charge in [-0.2, -0.15) is 0 Å². The van der Waals surface area contributed by atoms with Gasteiger partial charge in [-0.3, -0.25) is 0 Å². The minimum Gasteiger partial charge on any atom is -1.00 e. The van der Waals surface area contributed by atoms with Gasteiger partial charge in [-0.15, -0.1) is 0 Å². The maximum Gasteiger partial charge on any atom is 2.00 e. The molecule has 0 aromatic heterocycles. The fourth-order valence-electron chi connectivity index (χ4n) is 0.285. The van der Waals surface area contributed by atoms with Gasteiger partial charge in [0, 0.05) is 0 Å². The summed E-state index contributed by atoms with van der Waals surface area (Å²) in [6.45, 7) is 3.30. The SMILES string of the molecule is CC(C)C(O)C(=O)O.[H-].[H-].[Mg+2]. The quantitative estimate of drug-likeness (QED) is 0.534. The molecule has 52 valence electrons. The molecule has 1 unspecified atom stereocenters. The van der Waals surface area contributed by atoms with E-state index in [4.69, 9.17) is 10.2 Å². The van der Waals surface area contributed by atoms with Crippen LogP contribution in [0.25, 0.3) is 0 Å². The molecule has 3 nitrogen and oxygen atoms in total. The van der Waals surface area contributed by atoms with Crippen molar-refractivity contribution in [2.75, 3.05) is 0 Å². The Balaban J connectivity index is -0.0000000817. The molecule has 0 amide bonds. The molecule has 2 N–H and O–H groups in total. The summed E-state index contributed by atoms with van der Waals surface area (Å²) >= 11 is 0. The van der Waals surface area contributed by atoms with Crippen molar-refractivity contribution in [3.8, 4) is 0 Å². The number of hydrogen-bond acceptors (Lipinski definition) is 2. The van der Waals surface area contributed by atoms with Crippen LogP contribution in [0.2, 0.25) is 0 Å². The van der Waals surface area contributed by atoms with E-state index in [1.165, 1.54) is 0 Å².